The quantitative estimate of drug-likeness (QED) is 0.604. The normalized spacial score (nSPS) is 15.8. The molecule has 1 N–H and O–H groups in total. The molecule has 1 atom stereocenters. The van der Waals surface area contributed by atoms with Crippen molar-refractivity contribution in [1.29, 1.82) is 0 Å². The van der Waals surface area contributed by atoms with Crippen molar-refractivity contribution < 1.29 is 19.4 Å². The molecule has 0 amide bonds. The Morgan fingerprint density at radius 2 is 2.00 bits per heavy atom. The van der Waals surface area contributed by atoms with Crippen LogP contribution in [0.1, 0.15) is 31.0 Å². The van der Waals surface area contributed by atoms with Crippen molar-refractivity contribution in [2.45, 2.75) is 19.9 Å². The minimum Gasteiger partial charge on any atom is -0.507 e. The number of carbonyl (C=O) groups is 1. The Labute approximate surface area is 188 Å². The van der Waals surface area contributed by atoms with Crippen LogP contribution in [-0.4, -0.2) is 29.4 Å². The second-order valence-corrected chi connectivity index (χ2v) is 8.15. The lowest BCUT2D eigenvalue weighted by atomic mass is 9.96. The summed E-state index contributed by atoms with van der Waals surface area (Å²) in [5, 5.41) is 10.2. The number of fused-ring (bicyclic) bond motifs is 1. The van der Waals surface area contributed by atoms with Gasteiger partial charge in [-0.3, -0.25) is 9.36 Å². The van der Waals surface area contributed by atoms with Crippen LogP contribution in [0, 0.1) is 0 Å². The zero-order chi connectivity index (χ0) is 22.8. The number of rotatable bonds is 5. The molecule has 0 spiro atoms. The fourth-order valence-electron chi connectivity index (χ4n) is 3.66. The number of benzene rings is 2. The molecule has 32 heavy (non-hydrogen) atoms. The molecular weight excluding hydrogens is 428 g/mol. The molecule has 1 aliphatic rings. The van der Waals surface area contributed by atoms with E-state index in [0.29, 0.717) is 31.9 Å². The molecule has 164 valence electrons. The zero-order valence-electron chi connectivity index (χ0n) is 17.9. The fraction of sp³-hybridized carbons (Fsp3) is 0.208. The van der Waals surface area contributed by atoms with Crippen LogP contribution in [0.15, 0.2) is 69.6 Å². The molecule has 0 aliphatic carbocycles. The van der Waals surface area contributed by atoms with Gasteiger partial charge in [0, 0.05) is 5.56 Å². The molecule has 4 rings (SSSR count). The van der Waals surface area contributed by atoms with Crippen LogP contribution in [0.4, 0.5) is 0 Å². The van der Waals surface area contributed by atoms with E-state index in [9.17, 15) is 14.7 Å². The molecule has 2 aromatic carbocycles. The summed E-state index contributed by atoms with van der Waals surface area (Å²) in [6.07, 6.45) is 1.60. The third-order valence-electron chi connectivity index (χ3n) is 5.15. The summed E-state index contributed by atoms with van der Waals surface area (Å²) in [6, 6.07) is 13.5. The lowest BCUT2D eigenvalue weighted by Gasteiger charge is -2.24. The van der Waals surface area contributed by atoms with Gasteiger partial charge in [0.1, 0.15) is 11.5 Å². The first kappa shape index (κ1) is 21.6. The number of phenolic OH excluding ortho intramolecular Hbond substituents is 1. The van der Waals surface area contributed by atoms with Crippen molar-refractivity contribution in [3.63, 3.8) is 0 Å². The van der Waals surface area contributed by atoms with Gasteiger partial charge in [0.05, 0.1) is 35.6 Å². The predicted octanol–water partition coefficient (Wildman–Crippen LogP) is 2.51. The van der Waals surface area contributed by atoms with Crippen LogP contribution >= 0.6 is 11.3 Å². The molecule has 0 fully saturated rings. The average Bonchev–Trinajstić information content (AvgIpc) is 3.09. The van der Waals surface area contributed by atoms with Gasteiger partial charge in [0.15, 0.2) is 4.80 Å². The number of hydrogen-bond donors (Lipinski definition) is 1. The van der Waals surface area contributed by atoms with Crippen molar-refractivity contribution in [1.82, 2.24) is 4.57 Å². The monoisotopic (exact) mass is 450 g/mol. The summed E-state index contributed by atoms with van der Waals surface area (Å²) >= 11 is 1.20. The zero-order valence-corrected chi connectivity index (χ0v) is 18.7. The first-order valence-corrected chi connectivity index (χ1v) is 10.9. The maximum absolute atomic E-state index is 13.5. The van der Waals surface area contributed by atoms with E-state index in [1.807, 2.05) is 30.3 Å². The molecule has 0 saturated heterocycles. The van der Waals surface area contributed by atoms with Gasteiger partial charge in [-0.05, 0) is 43.7 Å². The first-order chi connectivity index (χ1) is 15.4. The number of aromatic hydroxyl groups is 1. The Hall–Kier alpha value is -3.65. The fourth-order valence-corrected chi connectivity index (χ4v) is 4.70. The number of methoxy groups -OCH3 is 1. The maximum atomic E-state index is 13.5. The highest BCUT2D eigenvalue weighted by Gasteiger charge is 2.33. The summed E-state index contributed by atoms with van der Waals surface area (Å²) in [5.41, 5.74) is 1.77. The van der Waals surface area contributed by atoms with Crippen molar-refractivity contribution in [3.8, 4) is 11.5 Å². The number of thiazole rings is 1. The standard InChI is InChI=1S/C24H22N2O5S/c1-4-31-23(29)20-14(2)25-24-26(21(20)15-8-6-5-7-9-15)22(28)19(32-24)13-16-12-17(30-3)10-11-18(16)27/h5-13,21,27H,4H2,1-3H3/b19-13+. The Bertz CT molecular complexity index is 1390. The van der Waals surface area contributed by atoms with Gasteiger partial charge in [-0.1, -0.05) is 41.7 Å². The third kappa shape index (κ3) is 3.85. The topological polar surface area (TPSA) is 90.1 Å². The van der Waals surface area contributed by atoms with Crippen LogP contribution in [0.2, 0.25) is 0 Å². The van der Waals surface area contributed by atoms with Crippen LogP contribution in [0.3, 0.4) is 0 Å². The van der Waals surface area contributed by atoms with E-state index in [0.717, 1.165) is 5.56 Å². The Kier molecular flexibility index (Phi) is 5.96. The van der Waals surface area contributed by atoms with Crippen LogP contribution in [-0.2, 0) is 9.53 Å². The van der Waals surface area contributed by atoms with Crippen molar-refractivity contribution in [3.05, 3.63) is 90.6 Å². The summed E-state index contributed by atoms with van der Waals surface area (Å²) in [4.78, 5) is 31.3. The van der Waals surface area contributed by atoms with Gasteiger partial charge in [0.25, 0.3) is 5.56 Å². The van der Waals surface area contributed by atoms with E-state index in [1.54, 1.807) is 32.1 Å². The summed E-state index contributed by atoms with van der Waals surface area (Å²) in [5.74, 6) is 0.0893. The van der Waals surface area contributed by atoms with Crippen molar-refractivity contribution in [2.24, 2.45) is 4.99 Å². The largest absolute Gasteiger partial charge is 0.507 e. The number of allylic oxidation sites excluding steroid dienone is 1. The molecule has 2 heterocycles. The van der Waals surface area contributed by atoms with Gasteiger partial charge < -0.3 is 14.6 Å². The van der Waals surface area contributed by atoms with Crippen LogP contribution in [0.5, 0.6) is 11.5 Å². The molecule has 1 aliphatic heterocycles. The van der Waals surface area contributed by atoms with E-state index in [-0.39, 0.29) is 17.9 Å². The minimum atomic E-state index is -0.660. The van der Waals surface area contributed by atoms with E-state index in [4.69, 9.17) is 9.47 Å². The van der Waals surface area contributed by atoms with E-state index in [1.165, 1.54) is 29.1 Å². The van der Waals surface area contributed by atoms with Crippen LogP contribution < -0.4 is 19.6 Å². The van der Waals surface area contributed by atoms with E-state index < -0.39 is 12.0 Å². The maximum Gasteiger partial charge on any atom is 0.338 e. The Morgan fingerprint density at radius 1 is 1.25 bits per heavy atom. The smallest absolute Gasteiger partial charge is 0.338 e. The number of nitrogens with zero attached hydrogens (tertiary/aromatic N) is 2. The molecular formula is C24H22N2O5S. The molecule has 8 heteroatoms. The number of carbonyl (C=O) groups excluding carboxylic acids is 1. The van der Waals surface area contributed by atoms with Gasteiger partial charge in [-0.2, -0.15) is 0 Å². The Balaban J connectivity index is 1.96. The lowest BCUT2D eigenvalue weighted by molar-refractivity contribution is -0.139. The van der Waals surface area contributed by atoms with Gasteiger partial charge >= 0.3 is 5.97 Å². The minimum absolute atomic E-state index is 0.0274. The average molecular weight is 451 g/mol. The summed E-state index contributed by atoms with van der Waals surface area (Å²) < 4.78 is 12.4. The van der Waals surface area contributed by atoms with Gasteiger partial charge in [0.2, 0.25) is 0 Å². The number of ether oxygens (including phenoxy) is 2. The number of phenols is 1. The number of esters is 1. The van der Waals surface area contributed by atoms with Gasteiger partial charge in [-0.25, -0.2) is 9.79 Å². The first-order valence-electron chi connectivity index (χ1n) is 10.1. The highest BCUT2D eigenvalue weighted by molar-refractivity contribution is 7.07. The van der Waals surface area contributed by atoms with Crippen LogP contribution in [0.25, 0.3) is 6.08 Å². The molecule has 1 aromatic heterocycles. The summed E-state index contributed by atoms with van der Waals surface area (Å²) in [6.45, 7) is 3.70. The lowest BCUT2D eigenvalue weighted by Crippen LogP contribution is -2.39. The second kappa shape index (κ2) is 8.84. The predicted molar refractivity (Wildman–Crippen MR) is 121 cm³/mol. The van der Waals surface area contributed by atoms with E-state index >= 15 is 0 Å². The van der Waals surface area contributed by atoms with E-state index in [2.05, 4.69) is 4.99 Å². The number of aromatic nitrogens is 1. The molecule has 0 saturated carbocycles. The molecule has 0 bridgehead atoms. The highest BCUT2D eigenvalue weighted by atomic mass is 32.1. The van der Waals surface area contributed by atoms with Crippen molar-refractivity contribution in [2.75, 3.05) is 13.7 Å². The highest BCUT2D eigenvalue weighted by Crippen LogP contribution is 2.30. The van der Waals surface area contributed by atoms with Gasteiger partial charge in [-0.15, -0.1) is 0 Å². The number of hydrogen-bond acceptors (Lipinski definition) is 7. The Morgan fingerprint density at radius 3 is 2.69 bits per heavy atom. The van der Waals surface area contributed by atoms with Crippen molar-refractivity contribution >= 4 is 23.4 Å². The molecule has 1 unspecified atom stereocenters. The summed E-state index contributed by atoms with van der Waals surface area (Å²) in [7, 11) is 1.53. The second-order valence-electron chi connectivity index (χ2n) is 7.14. The molecule has 3 aromatic rings. The third-order valence-corrected chi connectivity index (χ3v) is 6.14. The SMILES string of the molecule is CCOC(=O)C1=C(C)N=c2s/c(=C/c3cc(OC)ccc3O)c(=O)n2C1c1ccccc1. The molecule has 7 nitrogen and oxygen atoms in total. The molecule has 0 radical (unpaired) electrons.